The quantitative estimate of drug-likeness (QED) is 0.651. The molecule has 0 radical (unpaired) electrons. The van der Waals surface area contributed by atoms with Crippen LogP contribution in [0, 0.1) is 0 Å². The topological polar surface area (TPSA) is 55.7 Å². The zero-order chi connectivity index (χ0) is 21.8. The van der Waals surface area contributed by atoms with Crippen molar-refractivity contribution in [2.75, 3.05) is 32.1 Å². The molecule has 1 N–H and O–H groups in total. The van der Waals surface area contributed by atoms with Gasteiger partial charge in [-0.25, -0.2) is 0 Å². The molecule has 2 aromatic heterocycles. The molecule has 7 heteroatoms. The van der Waals surface area contributed by atoms with Crippen molar-refractivity contribution >= 4 is 22.9 Å². The molecule has 3 aliphatic heterocycles. The van der Waals surface area contributed by atoms with Crippen LogP contribution >= 0.6 is 11.3 Å². The fraction of sp³-hybridized carbons (Fsp3) is 0.400. The monoisotopic (exact) mass is 449 g/mol. The fourth-order valence-corrected chi connectivity index (χ4v) is 6.26. The Balaban J connectivity index is 1.21. The Kier molecular flexibility index (Phi) is 4.59. The summed E-state index contributed by atoms with van der Waals surface area (Å²) in [5.74, 6) is 1.06. The molecule has 6 rings (SSSR count). The van der Waals surface area contributed by atoms with Crippen molar-refractivity contribution in [2.24, 2.45) is 0 Å². The summed E-state index contributed by atoms with van der Waals surface area (Å²) < 4.78 is 14.3. The van der Waals surface area contributed by atoms with E-state index in [0.717, 1.165) is 55.0 Å². The van der Waals surface area contributed by atoms with Gasteiger partial charge >= 0.3 is 0 Å². The molecule has 3 aliphatic rings. The molecule has 5 heterocycles. The number of ether oxygens (including phenoxy) is 2. The molecule has 0 aliphatic carbocycles. The third-order valence-electron chi connectivity index (χ3n) is 7.29. The summed E-state index contributed by atoms with van der Waals surface area (Å²) in [6.07, 6.45) is 5.26. The normalized spacial score (nSPS) is 23.1. The smallest absolute Gasteiger partial charge is 0.227 e. The highest BCUT2D eigenvalue weighted by atomic mass is 32.1. The third kappa shape index (κ3) is 3.14. The largest absolute Gasteiger partial charge is 0.497 e. The highest BCUT2D eigenvalue weighted by Crippen LogP contribution is 2.50. The fourth-order valence-electron chi connectivity index (χ4n) is 5.59. The average molecular weight is 450 g/mol. The molecule has 166 valence electrons. The number of carbonyl (C=O) groups is 1. The van der Waals surface area contributed by atoms with E-state index in [1.54, 1.807) is 18.4 Å². The summed E-state index contributed by atoms with van der Waals surface area (Å²) in [5, 5.41) is 7.91. The van der Waals surface area contributed by atoms with Gasteiger partial charge in [0.2, 0.25) is 5.91 Å². The Labute approximate surface area is 191 Å². The zero-order valence-corrected chi connectivity index (χ0v) is 19.0. The van der Waals surface area contributed by atoms with Crippen molar-refractivity contribution in [2.45, 2.75) is 36.8 Å². The van der Waals surface area contributed by atoms with Gasteiger partial charge in [-0.3, -0.25) is 4.79 Å². The Bertz CT molecular complexity index is 1150. The first-order chi connectivity index (χ1) is 15.6. The summed E-state index contributed by atoms with van der Waals surface area (Å²) in [7, 11) is 1.70. The molecular weight excluding hydrogens is 422 g/mol. The van der Waals surface area contributed by atoms with Crippen LogP contribution in [-0.4, -0.2) is 47.8 Å². The van der Waals surface area contributed by atoms with Crippen LogP contribution in [0.5, 0.6) is 5.75 Å². The third-order valence-corrected chi connectivity index (χ3v) is 8.02. The number of methoxy groups -OCH3 is 1. The highest BCUT2D eigenvalue weighted by Gasteiger charge is 2.54. The predicted octanol–water partition coefficient (Wildman–Crippen LogP) is 4.19. The van der Waals surface area contributed by atoms with E-state index in [9.17, 15) is 4.79 Å². The molecule has 1 unspecified atom stereocenters. The molecule has 32 heavy (non-hydrogen) atoms. The van der Waals surface area contributed by atoms with Crippen molar-refractivity contribution in [1.82, 2.24) is 9.47 Å². The second kappa shape index (κ2) is 7.39. The van der Waals surface area contributed by atoms with Crippen LogP contribution in [0.2, 0.25) is 0 Å². The molecule has 3 aromatic rings. The standard InChI is InChI=1S/C25H27N3O3S/c1-30-19-4-5-21-20(14-19)26-25(22-3-2-9-28(21)22)16-24(31-17-25)7-10-27(11-8-24)23(29)13-18-6-12-32-15-18/h2-6,9,12,14-15,26H,7-8,10-11,13,16-17H2,1H3. The number of amides is 1. The number of nitrogens with zero attached hydrogens (tertiary/aromatic N) is 2. The van der Waals surface area contributed by atoms with Crippen LogP contribution < -0.4 is 10.1 Å². The number of thiophene rings is 1. The SMILES string of the molecule is COc1ccc2c(c1)NC1(COC3(CCN(C(=O)Cc4ccsc4)CC3)C1)c1cccn1-2. The molecule has 2 fully saturated rings. The molecular formula is C25H27N3O3S. The lowest BCUT2D eigenvalue weighted by Crippen LogP contribution is -2.48. The number of anilines is 1. The lowest BCUT2D eigenvalue weighted by Gasteiger charge is -2.41. The number of hydrogen-bond acceptors (Lipinski definition) is 5. The van der Waals surface area contributed by atoms with Gasteiger partial charge in [-0.05, 0) is 59.5 Å². The summed E-state index contributed by atoms with van der Waals surface area (Å²) >= 11 is 1.64. The van der Waals surface area contributed by atoms with Gasteiger partial charge < -0.3 is 24.3 Å². The molecule has 2 saturated heterocycles. The Morgan fingerprint density at radius 1 is 1.25 bits per heavy atom. The maximum Gasteiger partial charge on any atom is 0.227 e. The first-order valence-corrected chi connectivity index (χ1v) is 12.1. The molecule has 1 amide bonds. The predicted molar refractivity (Wildman–Crippen MR) is 125 cm³/mol. The van der Waals surface area contributed by atoms with E-state index in [-0.39, 0.29) is 17.0 Å². The number of piperidine rings is 1. The van der Waals surface area contributed by atoms with Crippen LogP contribution in [0.15, 0.2) is 53.4 Å². The second-order valence-corrected chi connectivity index (χ2v) is 9.97. The number of fused-ring (bicyclic) bond motifs is 4. The summed E-state index contributed by atoms with van der Waals surface area (Å²) in [4.78, 5) is 14.8. The first-order valence-electron chi connectivity index (χ1n) is 11.2. The second-order valence-electron chi connectivity index (χ2n) is 9.19. The first kappa shape index (κ1) is 19.9. The van der Waals surface area contributed by atoms with Crippen molar-refractivity contribution in [3.63, 3.8) is 0 Å². The molecule has 1 atom stereocenters. The number of aromatic nitrogens is 1. The van der Waals surface area contributed by atoms with E-state index < -0.39 is 0 Å². The van der Waals surface area contributed by atoms with Gasteiger partial charge in [-0.15, -0.1) is 0 Å². The van der Waals surface area contributed by atoms with E-state index in [1.165, 1.54) is 5.69 Å². The molecule has 6 nitrogen and oxygen atoms in total. The number of carbonyl (C=O) groups excluding carboxylic acids is 1. The van der Waals surface area contributed by atoms with Crippen molar-refractivity contribution in [1.29, 1.82) is 0 Å². The Morgan fingerprint density at radius 3 is 2.91 bits per heavy atom. The van der Waals surface area contributed by atoms with Gasteiger partial charge in [0.15, 0.2) is 0 Å². The molecule has 0 bridgehead atoms. The van der Waals surface area contributed by atoms with E-state index >= 15 is 0 Å². The number of benzene rings is 1. The van der Waals surface area contributed by atoms with E-state index in [4.69, 9.17) is 9.47 Å². The van der Waals surface area contributed by atoms with E-state index in [2.05, 4.69) is 45.7 Å². The van der Waals surface area contributed by atoms with Crippen LogP contribution in [-0.2, 0) is 21.5 Å². The summed E-state index contributed by atoms with van der Waals surface area (Å²) in [6.45, 7) is 2.13. The summed E-state index contributed by atoms with van der Waals surface area (Å²) in [5.41, 5.74) is 4.08. The lowest BCUT2D eigenvalue weighted by atomic mass is 9.79. The molecule has 2 spiro atoms. The number of rotatable bonds is 3. The van der Waals surface area contributed by atoms with Crippen LogP contribution in [0.3, 0.4) is 0 Å². The van der Waals surface area contributed by atoms with Crippen molar-refractivity contribution in [3.05, 3.63) is 64.6 Å². The Hall–Kier alpha value is -2.77. The van der Waals surface area contributed by atoms with Gasteiger partial charge in [-0.1, -0.05) is 0 Å². The number of hydrogen-bond donors (Lipinski definition) is 1. The number of nitrogens with one attached hydrogen (secondary N) is 1. The van der Waals surface area contributed by atoms with Gasteiger partial charge in [0, 0.05) is 31.8 Å². The minimum Gasteiger partial charge on any atom is -0.497 e. The van der Waals surface area contributed by atoms with Gasteiger partial charge in [0.1, 0.15) is 11.3 Å². The molecule has 0 saturated carbocycles. The van der Waals surface area contributed by atoms with Gasteiger partial charge in [-0.2, -0.15) is 11.3 Å². The maximum absolute atomic E-state index is 12.8. The maximum atomic E-state index is 12.8. The number of likely N-dealkylation sites (tertiary alicyclic amines) is 1. The van der Waals surface area contributed by atoms with Crippen LogP contribution in [0.1, 0.15) is 30.5 Å². The van der Waals surface area contributed by atoms with E-state index in [1.807, 2.05) is 22.4 Å². The summed E-state index contributed by atoms with van der Waals surface area (Å²) in [6, 6.07) is 12.5. The van der Waals surface area contributed by atoms with Gasteiger partial charge in [0.25, 0.3) is 0 Å². The van der Waals surface area contributed by atoms with Crippen molar-refractivity contribution in [3.8, 4) is 11.4 Å². The minimum absolute atomic E-state index is 0.197. The van der Waals surface area contributed by atoms with Crippen molar-refractivity contribution < 1.29 is 14.3 Å². The molecule has 1 aromatic carbocycles. The van der Waals surface area contributed by atoms with Crippen LogP contribution in [0.4, 0.5) is 5.69 Å². The lowest BCUT2D eigenvalue weighted by molar-refractivity contribution is -0.135. The minimum atomic E-state index is -0.272. The average Bonchev–Trinajstić information content (AvgIpc) is 3.56. The van der Waals surface area contributed by atoms with Gasteiger partial charge in [0.05, 0.1) is 42.8 Å². The van der Waals surface area contributed by atoms with E-state index in [0.29, 0.717) is 13.0 Å². The zero-order valence-electron chi connectivity index (χ0n) is 18.2. The highest BCUT2D eigenvalue weighted by molar-refractivity contribution is 7.08. The Morgan fingerprint density at radius 2 is 2.12 bits per heavy atom. The van der Waals surface area contributed by atoms with Crippen LogP contribution in [0.25, 0.3) is 5.69 Å².